The Bertz CT molecular complexity index is 686. The molecule has 0 amide bonds. The summed E-state index contributed by atoms with van der Waals surface area (Å²) in [6, 6.07) is 8.52. The largest absolute Gasteiger partial charge is 0.475 e. The van der Waals surface area contributed by atoms with E-state index < -0.39 is 0 Å². The van der Waals surface area contributed by atoms with Gasteiger partial charge in [0.15, 0.2) is 5.82 Å². The Morgan fingerprint density at radius 3 is 2.64 bits per heavy atom. The van der Waals surface area contributed by atoms with Gasteiger partial charge in [-0.3, -0.25) is 0 Å². The van der Waals surface area contributed by atoms with E-state index in [4.69, 9.17) is 9.72 Å². The highest BCUT2D eigenvalue weighted by atomic mass is 35.5. The SMILES string of the molecule is Cl.c1ccc2nc(OCCCC3CCCNC3)c(NC3CC3)nc2c1. The Morgan fingerprint density at radius 2 is 1.92 bits per heavy atom. The Kier molecular flexibility index (Phi) is 6.32. The van der Waals surface area contributed by atoms with E-state index in [1.807, 2.05) is 24.3 Å². The number of hydrogen-bond donors (Lipinski definition) is 2. The lowest BCUT2D eigenvalue weighted by molar-refractivity contribution is 0.269. The smallest absolute Gasteiger partial charge is 0.258 e. The van der Waals surface area contributed by atoms with Crippen molar-refractivity contribution >= 4 is 29.3 Å². The molecule has 1 aliphatic heterocycles. The third kappa shape index (κ3) is 4.95. The number of benzene rings is 1. The van der Waals surface area contributed by atoms with E-state index in [0.29, 0.717) is 18.5 Å². The molecule has 4 rings (SSSR count). The quantitative estimate of drug-likeness (QED) is 0.734. The second-order valence-electron chi connectivity index (χ2n) is 6.99. The molecule has 1 unspecified atom stereocenters. The lowest BCUT2D eigenvalue weighted by Crippen LogP contribution is -2.29. The van der Waals surface area contributed by atoms with Gasteiger partial charge in [0, 0.05) is 6.04 Å². The van der Waals surface area contributed by atoms with Crippen molar-refractivity contribution in [2.45, 2.75) is 44.6 Å². The Hall–Kier alpha value is -1.59. The van der Waals surface area contributed by atoms with Crippen LogP contribution in [0.2, 0.25) is 0 Å². The number of piperidine rings is 1. The molecule has 2 N–H and O–H groups in total. The molecule has 1 saturated heterocycles. The minimum absolute atomic E-state index is 0. The molecule has 0 bridgehead atoms. The van der Waals surface area contributed by atoms with Crippen LogP contribution in [0.15, 0.2) is 24.3 Å². The number of para-hydroxylation sites is 2. The summed E-state index contributed by atoms with van der Waals surface area (Å²) >= 11 is 0. The average Bonchev–Trinajstić information content (AvgIpc) is 3.44. The number of nitrogens with zero attached hydrogens (tertiary/aromatic N) is 2. The summed E-state index contributed by atoms with van der Waals surface area (Å²) in [5.74, 6) is 2.26. The van der Waals surface area contributed by atoms with Gasteiger partial charge in [-0.25, -0.2) is 9.97 Å². The molecular weight excluding hydrogens is 336 g/mol. The number of nitrogens with one attached hydrogen (secondary N) is 2. The summed E-state index contributed by atoms with van der Waals surface area (Å²) in [4.78, 5) is 9.40. The van der Waals surface area contributed by atoms with Crippen molar-refractivity contribution in [2.75, 3.05) is 25.0 Å². The van der Waals surface area contributed by atoms with Crippen LogP contribution in [-0.2, 0) is 0 Å². The summed E-state index contributed by atoms with van der Waals surface area (Å²) in [5, 5.41) is 6.94. The zero-order chi connectivity index (χ0) is 16.2. The number of hydrogen-bond acceptors (Lipinski definition) is 5. The van der Waals surface area contributed by atoms with Gasteiger partial charge >= 0.3 is 0 Å². The molecule has 1 aromatic carbocycles. The number of anilines is 1. The van der Waals surface area contributed by atoms with Gasteiger partial charge < -0.3 is 15.4 Å². The number of halogens is 1. The summed E-state index contributed by atoms with van der Waals surface area (Å²) in [6.07, 6.45) is 7.36. The maximum Gasteiger partial charge on any atom is 0.258 e. The predicted molar refractivity (Wildman–Crippen MR) is 104 cm³/mol. The number of aromatic nitrogens is 2. The highest BCUT2D eigenvalue weighted by Gasteiger charge is 2.24. The van der Waals surface area contributed by atoms with Crippen molar-refractivity contribution in [1.29, 1.82) is 0 Å². The van der Waals surface area contributed by atoms with Gasteiger partial charge in [0.05, 0.1) is 17.6 Å². The lowest BCUT2D eigenvalue weighted by atomic mass is 9.95. The first-order chi connectivity index (χ1) is 11.9. The third-order valence-electron chi connectivity index (χ3n) is 4.85. The van der Waals surface area contributed by atoms with Gasteiger partial charge in [-0.15, -0.1) is 12.4 Å². The molecule has 1 aromatic heterocycles. The molecule has 2 aliphatic rings. The molecule has 25 heavy (non-hydrogen) atoms. The Balaban J connectivity index is 0.00000182. The van der Waals surface area contributed by atoms with Crippen LogP contribution in [0.1, 0.15) is 38.5 Å². The van der Waals surface area contributed by atoms with Crippen molar-refractivity contribution in [3.63, 3.8) is 0 Å². The van der Waals surface area contributed by atoms with Gasteiger partial charge in [-0.1, -0.05) is 12.1 Å². The molecule has 6 heteroatoms. The maximum atomic E-state index is 6.01. The zero-order valence-electron chi connectivity index (χ0n) is 14.5. The van der Waals surface area contributed by atoms with Gasteiger partial charge in [0.25, 0.3) is 5.88 Å². The first kappa shape index (κ1) is 18.2. The van der Waals surface area contributed by atoms with Crippen LogP contribution >= 0.6 is 12.4 Å². The van der Waals surface area contributed by atoms with E-state index in [1.54, 1.807) is 0 Å². The maximum absolute atomic E-state index is 6.01. The second kappa shape index (κ2) is 8.68. The van der Waals surface area contributed by atoms with E-state index in [0.717, 1.165) is 35.7 Å². The summed E-state index contributed by atoms with van der Waals surface area (Å²) in [7, 11) is 0. The van der Waals surface area contributed by atoms with Crippen molar-refractivity contribution < 1.29 is 4.74 Å². The summed E-state index contributed by atoms with van der Waals surface area (Å²) in [5.41, 5.74) is 1.81. The van der Waals surface area contributed by atoms with Crippen LogP contribution in [0.25, 0.3) is 11.0 Å². The molecule has 0 radical (unpaired) electrons. The number of fused-ring (bicyclic) bond motifs is 1. The van der Waals surface area contributed by atoms with Gasteiger partial charge in [0.2, 0.25) is 0 Å². The normalized spacial score (nSPS) is 20.1. The Morgan fingerprint density at radius 1 is 1.12 bits per heavy atom. The van der Waals surface area contributed by atoms with Gasteiger partial charge in [0.1, 0.15) is 0 Å². The topological polar surface area (TPSA) is 59.1 Å². The molecule has 1 saturated carbocycles. The van der Waals surface area contributed by atoms with E-state index in [9.17, 15) is 0 Å². The fourth-order valence-corrected chi connectivity index (χ4v) is 3.31. The second-order valence-corrected chi connectivity index (χ2v) is 6.99. The fourth-order valence-electron chi connectivity index (χ4n) is 3.31. The molecule has 0 spiro atoms. The van der Waals surface area contributed by atoms with Crippen molar-refractivity contribution in [2.24, 2.45) is 5.92 Å². The van der Waals surface area contributed by atoms with Gasteiger partial charge in [-0.2, -0.15) is 0 Å². The van der Waals surface area contributed by atoms with Crippen molar-refractivity contribution in [3.8, 4) is 5.88 Å². The molecular formula is C19H27ClN4O. The molecule has 2 heterocycles. The van der Waals surface area contributed by atoms with Crippen molar-refractivity contribution in [1.82, 2.24) is 15.3 Å². The summed E-state index contributed by atoms with van der Waals surface area (Å²) < 4.78 is 6.01. The van der Waals surface area contributed by atoms with Crippen LogP contribution in [0.3, 0.4) is 0 Å². The van der Waals surface area contributed by atoms with Crippen LogP contribution < -0.4 is 15.4 Å². The van der Waals surface area contributed by atoms with Crippen LogP contribution in [0, 0.1) is 5.92 Å². The van der Waals surface area contributed by atoms with Crippen LogP contribution in [0.4, 0.5) is 5.82 Å². The van der Waals surface area contributed by atoms with Crippen LogP contribution in [0.5, 0.6) is 5.88 Å². The average molecular weight is 363 g/mol. The zero-order valence-corrected chi connectivity index (χ0v) is 15.4. The minimum Gasteiger partial charge on any atom is -0.475 e. The minimum atomic E-state index is 0. The number of ether oxygens (including phenoxy) is 1. The van der Waals surface area contributed by atoms with E-state index in [-0.39, 0.29) is 12.4 Å². The van der Waals surface area contributed by atoms with E-state index in [1.165, 1.54) is 38.6 Å². The van der Waals surface area contributed by atoms with E-state index in [2.05, 4.69) is 15.6 Å². The van der Waals surface area contributed by atoms with Crippen LogP contribution in [-0.4, -0.2) is 35.7 Å². The lowest BCUT2D eigenvalue weighted by Gasteiger charge is -2.22. The predicted octanol–water partition coefficient (Wildman–Crippen LogP) is 3.78. The number of rotatable bonds is 7. The summed E-state index contributed by atoms with van der Waals surface area (Å²) in [6.45, 7) is 3.04. The Labute approximate surface area is 155 Å². The first-order valence-electron chi connectivity index (χ1n) is 9.25. The standard InChI is InChI=1S/C19H26N4O.ClH/c1-2-8-17-16(7-1)22-18(21-15-9-10-15)19(23-17)24-12-4-6-14-5-3-11-20-13-14;/h1-2,7-8,14-15,20H,3-6,9-13H2,(H,21,22);1H. The molecule has 2 aromatic rings. The fraction of sp³-hybridized carbons (Fsp3) is 0.579. The molecule has 2 fully saturated rings. The third-order valence-corrected chi connectivity index (χ3v) is 4.85. The molecule has 5 nitrogen and oxygen atoms in total. The van der Waals surface area contributed by atoms with Crippen molar-refractivity contribution in [3.05, 3.63) is 24.3 Å². The monoisotopic (exact) mass is 362 g/mol. The molecule has 136 valence electrons. The molecule has 1 aliphatic carbocycles. The highest BCUT2D eigenvalue weighted by molar-refractivity contribution is 5.85. The van der Waals surface area contributed by atoms with Gasteiger partial charge in [-0.05, 0) is 69.7 Å². The first-order valence-corrected chi connectivity index (χ1v) is 9.25. The highest BCUT2D eigenvalue weighted by Crippen LogP contribution is 2.30. The van der Waals surface area contributed by atoms with E-state index >= 15 is 0 Å². The molecule has 1 atom stereocenters.